The second-order valence-electron chi connectivity index (χ2n) is 10.1. The van der Waals surface area contributed by atoms with Gasteiger partial charge in [-0.25, -0.2) is 13.2 Å². The molecule has 0 heterocycles. The van der Waals surface area contributed by atoms with Crippen molar-refractivity contribution in [1.82, 2.24) is 10.2 Å². The number of nitrogens with zero attached hydrogens (tertiary/aromatic N) is 1. The molecule has 0 unspecified atom stereocenters. The van der Waals surface area contributed by atoms with Gasteiger partial charge in [0.05, 0.1) is 23.9 Å². The Morgan fingerprint density at radius 3 is 2.15 bits per heavy atom. The zero-order valence-electron chi connectivity index (χ0n) is 20.9. The Morgan fingerprint density at radius 1 is 1.09 bits per heavy atom. The average molecular weight is 485 g/mol. The molecule has 0 radical (unpaired) electrons. The molecule has 3 atom stereocenters. The number of carbonyl (C=O) groups excluding carboxylic acids is 2. The Labute approximate surface area is 198 Å². The third kappa shape index (κ3) is 11.5. The largest absolute Gasteiger partial charge is 0.444 e. The summed E-state index contributed by atoms with van der Waals surface area (Å²) in [4.78, 5) is 26.8. The van der Waals surface area contributed by atoms with Crippen molar-refractivity contribution < 1.29 is 27.9 Å². The Bertz CT molecular complexity index is 865. The van der Waals surface area contributed by atoms with Crippen molar-refractivity contribution in [3.8, 4) is 0 Å². The summed E-state index contributed by atoms with van der Waals surface area (Å²) < 4.78 is 28.9. The Hall–Kier alpha value is -2.13. The smallest absolute Gasteiger partial charge is 0.410 e. The van der Waals surface area contributed by atoms with Crippen LogP contribution in [-0.2, 0) is 25.8 Å². The molecule has 0 aliphatic heterocycles. The number of hydrogen-bond donors (Lipinski definition) is 2. The fraction of sp³-hybridized carbons (Fsp3) is 0.667. The molecular formula is C24H40N2O6S. The van der Waals surface area contributed by atoms with Crippen molar-refractivity contribution in [3.63, 3.8) is 0 Å². The normalized spacial score (nSPS) is 14.9. The fourth-order valence-corrected chi connectivity index (χ4v) is 3.63. The predicted octanol–water partition coefficient (Wildman–Crippen LogP) is 2.79. The number of aliphatic hydroxyl groups excluding tert-OH is 1. The number of rotatable bonds is 11. The van der Waals surface area contributed by atoms with Gasteiger partial charge in [-0.05, 0) is 45.6 Å². The van der Waals surface area contributed by atoms with Gasteiger partial charge in [-0.15, -0.1) is 0 Å². The van der Waals surface area contributed by atoms with Crippen LogP contribution < -0.4 is 5.32 Å². The lowest BCUT2D eigenvalue weighted by atomic mass is 10.00. The van der Waals surface area contributed by atoms with Gasteiger partial charge in [0.2, 0.25) is 5.91 Å². The molecule has 0 saturated heterocycles. The van der Waals surface area contributed by atoms with E-state index >= 15 is 0 Å². The fourth-order valence-electron chi connectivity index (χ4n) is 3.17. The summed E-state index contributed by atoms with van der Waals surface area (Å²) in [5, 5.41) is 13.0. The van der Waals surface area contributed by atoms with Crippen molar-refractivity contribution in [1.29, 1.82) is 0 Å². The van der Waals surface area contributed by atoms with Gasteiger partial charge in [0.25, 0.3) is 0 Å². The highest BCUT2D eigenvalue weighted by atomic mass is 32.2. The first kappa shape index (κ1) is 28.9. The highest BCUT2D eigenvalue weighted by Gasteiger charge is 2.30. The first-order valence-electron chi connectivity index (χ1n) is 11.3. The van der Waals surface area contributed by atoms with Crippen LogP contribution in [0.3, 0.4) is 0 Å². The van der Waals surface area contributed by atoms with Gasteiger partial charge < -0.3 is 20.1 Å². The van der Waals surface area contributed by atoms with Gasteiger partial charge in [0, 0.05) is 19.2 Å². The summed E-state index contributed by atoms with van der Waals surface area (Å²) in [6.07, 6.45) is -0.422. The third-order valence-corrected chi connectivity index (χ3v) is 6.59. The van der Waals surface area contributed by atoms with E-state index in [1.165, 1.54) is 11.8 Å². The Kier molecular flexibility index (Phi) is 10.8. The summed E-state index contributed by atoms with van der Waals surface area (Å²) in [5.41, 5.74) is 0.210. The van der Waals surface area contributed by atoms with Gasteiger partial charge in [0.1, 0.15) is 5.60 Å². The van der Waals surface area contributed by atoms with E-state index in [1.807, 2.05) is 44.2 Å². The SMILES string of the molecule is CC(C)CN(C[C@@H](O)[C@H](Cc1ccccc1)NC(=O)C[C@H](C)S(C)(=O)=O)C(=O)OC(C)(C)C. The molecule has 0 bridgehead atoms. The second-order valence-corrected chi connectivity index (χ2v) is 12.5. The molecule has 0 aliphatic rings. The van der Waals surface area contributed by atoms with Crippen LogP contribution >= 0.6 is 0 Å². The Balaban J connectivity index is 3.05. The zero-order valence-corrected chi connectivity index (χ0v) is 21.7. The predicted molar refractivity (Wildman–Crippen MR) is 130 cm³/mol. The van der Waals surface area contributed by atoms with Crippen molar-refractivity contribution in [3.05, 3.63) is 35.9 Å². The molecule has 188 valence electrons. The molecular weight excluding hydrogens is 444 g/mol. The number of nitrogens with one attached hydrogen (secondary N) is 1. The van der Waals surface area contributed by atoms with E-state index in [4.69, 9.17) is 4.74 Å². The van der Waals surface area contributed by atoms with Crippen LogP contribution in [0.1, 0.15) is 53.5 Å². The maximum Gasteiger partial charge on any atom is 0.410 e. The molecule has 0 fully saturated rings. The summed E-state index contributed by atoms with van der Waals surface area (Å²) in [6.45, 7) is 11.1. The van der Waals surface area contributed by atoms with Crippen LogP contribution in [0.4, 0.5) is 4.79 Å². The van der Waals surface area contributed by atoms with Crippen LogP contribution in [0.15, 0.2) is 30.3 Å². The highest BCUT2D eigenvalue weighted by Crippen LogP contribution is 2.14. The quantitative estimate of drug-likeness (QED) is 0.499. The number of ether oxygens (including phenoxy) is 1. The van der Waals surface area contributed by atoms with E-state index in [2.05, 4.69) is 5.32 Å². The van der Waals surface area contributed by atoms with Gasteiger partial charge in [-0.1, -0.05) is 44.2 Å². The lowest BCUT2D eigenvalue weighted by Crippen LogP contribution is -2.52. The minimum atomic E-state index is -3.37. The van der Waals surface area contributed by atoms with Crippen molar-refractivity contribution in [2.24, 2.45) is 5.92 Å². The minimum Gasteiger partial charge on any atom is -0.444 e. The van der Waals surface area contributed by atoms with E-state index in [0.29, 0.717) is 13.0 Å². The summed E-state index contributed by atoms with van der Waals surface area (Å²) in [6, 6.07) is 8.63. The van der Waals surface area contributed by atoms with E-state index in [1.54, 1.807) is 20.8 Å². The molecule has 33 heavy (non-hydrogen) atoms. The number of aliphatic hydroxyl groups is 1. The van der Waals surface area contributed by atoms with Crippen molar-refractivity contribution in [2.45, 2.75) is 77.4 Å². The van der Waals surface area contributed by atoms with Crippen LogP contribution in [0.5, 0.6) is 0 Å². The second kappa shape index (κ2) is 12.4. The van der Waals surface area contributed by atoms with Crippen LogP contribution in [0, 0.1) is 5.92 Å². The molecule has 9 heteroatoms. The van der Waals surface area contributed by atoms with Gasteiger partial charge in [0.15, 0.2) is 9.84 Å². The van der Waals surface area contributed by atoms with E-state index in [9.17, 15) is 23.1 Å². The summed E-state index contributed by atoms with van der Waals surface area (Å²) in [7, 11) is -3.37. The van der Waals surface area contributed by atoms with Crippen molar-refractivity contribution in [2.75, 3.05) is 19.3 Å². The molecule has 8 nitrogen and oxygen atoms in total. The number of benzene rings is 1. The third-order valence-electron chi connectivity index (χ3n) is 4.96. The monoisotopic (exact) mass is 484 g/mol. The molecule has 0 aromatic heterocycles. The van der Waals surface area contributed by atoms with Crippen LogP contribution in [0.2, 0.25) is 0 Å². The molecule has 1 rings (SSSR count). The molecule has 0 saturated carbocycles. The van der Waals surface area contributed by atoms with Crippen LogP contribution in [-0.4, -0.2) is 72.8 Å². The average Bonchev–Trinajstić information content (AvgIpc) is 2.65. The molecule has 1 aromatic carbocycles. The van der Waals surface area contributed by atoms with Crippen molar-refractivity contribution >= 4 is 21.8 Å². The number of amides is 2. The zero-order chi connectivity index (χ0) is 25.4. The maximum atomic E-state index is 12.7. The first-order valence-corrected chi connectivity index (χ1v) is 13.2. The molecule has 2 N–H and O–H groups in total. The topological polar surface area (TPSA) is 113 Å². The summed E-state index contributed by atoms with van der Waals surface area (Å²) in [5.74, 6) is -0.330. The Morgan fingerprint density at radius 2 is 1.67 bits per heavy atom. The molecule has 0 spiro atoms. The van der Waals surface area contributed by atoms with E-state index in [0.717, 1.165) is 11.8 Å². The van der Waals surface area contributed by atoms with Crippen LogP contribution in [0.25, 0.3) is 0 Å². The first-order chi connectivity index (χ1) is 15.1. The van der Waals surface area contributed by atoms with Gasteiger partial charge >= 0.3 is 6.09 Å². The molecule has 2 amide bonds. The van der Waals surface area contributed by atoms with Gasteiger partial charge in [-0.2, -0.15) is 0 Å². The minimum absolute atomic E-state index is 0.0352. The number of hydrogen-bond acceptors (Lipinski definition) is 6. The summed E-state index contributed by atoms with van der Waals surface area (Å²) >= 11 is 0. The van der Waals surface area contributed by atoms with E-state index < -0.39 is 44.8 Å². The lowest BCUT2D eigenvalue weighted by Gasteiger charge is -2.32. The maximum absolute atomic E-state index is 12.7. The van der Waals surface area contributed by atoms with Gasteiger partial charge in [-0.3, -0.25) is 4.79 Å². The molecule has 0 aliphatic carbocycles. The standard InChI is InChI=1S/C24H40N2O6S/c1-17(2)15-26(23(29)32-24(4,5)6)16-21(27)20(14-19-11-9-8-10-12-19)25-22(28)13-18(3)33(7,30)31/h8-12,17-18,20-21,27H,13-16H2,1-7H3,(H,25,28)/t18-,20-,21+/m0/s1. The lowest BCUT2D eigenvalue weighted by molar-refractivity contribution is -0.122. The molecule has 1 aromatic rings. The highest BCUT2D eigenvalue weighted by molar-refractivity contribution is 7.91. The van der Waals surface area contributed by atoms with E-state index in [-0.39, 0.29) is 18.9 Å². The number of carbonyl (C=O) groups is 2. The number of sulfone groups is 1.